The summed E-state index contributed by atoms with van der Waals surface area (Å²) in [4.78, 5) is 0. The number of nitrogens with zero attached hydrogens (tertiary/aromatic N) is 2. The van der Waals surface area contributed by atoms with Gasteiger partial charge in [0.25, 0.3) is 0 Å². The molecule has 20 heavy (non-hydrogen) atoms. The molecule has 0 saturated carbocycles. The van der Waals surface area contributed by atoms with Crippen molar-refractivity contribution in [2.75, 3.05) is 6.54 Å². The monoisotopic (exact) mass is 375 g/mol. The summed E-state index contributed by atoms with van der Waals surface area (Å²) in [5, 5.41) is 9.04. The van der Waals surface area contributed by atoms with E-state index in [0.717, 1.165) is 28.7 Å². The van der Waals surface area contributed by atoms with E-state index in [1.807, 2.05) is 25.2 Å². The first-order chi connectivity index (χ1) is 9.54. The zero-order valence-electron chi connectivity index (χ0n) is 11.3. The largest absolute Gasteiger partial charge is 0.305 e. The van der Waals surface area contributed by atoms with Crippen LogP contribution in [0.5, 0.6) is 0 Å². The van der Waals surface area contributed by atoms with Crippen molar-refractivity contribution in [3.8, 4) is 0 Å². The molecule has 1 unspecified atom stereocenters. The second-order valence-electron chi connectivity index (χ2n) is 4.55. The van der Waals surface area contributed by atoms with Gasteiger partial charge < -0.3 is 5.32 Å². The Labute approximate surface area is 137 Å². The molecular formula is C14H16BrCl2N3. The van der Waals surface area contributed by atoms with Crippen LogP contribution in [0.15, 0.2) is 28.9 Å². The predicted molar refractivity (Wildman–Crippen MR) is 87.5 cm³/mol. The third-order valence-corrected chi connectivity index (χ3v) is 4.21. The van der Waals surface area contributed by atoms with Crippen molar-refractivity contribution >= 4 is 39.1 Å². The van der Waals surface area contributed by atoms with E-state index in [-0.39, 0.29) is 6.04 Å². The van der Waals surface area contributed by atoms with Crippen molar-refractivity contribution < 1.29 is 0 Å². The number of rotatable bonds is 5. The van der Waals surface area contributed by atoms with Gasteiger partial charge >= 0.3 is 0 Å². The van der Waals surface area contributed by atoms with Crippen LogP contribution >= 0.6 is 39.1 Å². The lowest BCUT2D eigenvalue weighted by molar-refractivity contribution is 0.554. The second-order valence-corrected chi connectivity index (χ2v) is 6.28. The lowest BCUT2D eigenvalue weighted by Gasteiger charge is -2.21. The highest BCUT2D eigenvalue weighted by molar-refractivity contribution is 9.10. The number of benzene rings is 1. The molecule has 6 heteroatoms. The maximum absolute atomic E-state index is 6.36. The van der Waals surface area contributed by atoms with Crippen molar-refractivity contribution in [1.29, 1.82) is 0 Å². The molecule has 0 bridgehead atoms. The molecule has 0 fully saturated rings. The third-order valence-electron chi connectivity index (χ3n) is 3.08. The summed E-state index contributed by atoms with van der Waals surface area (Å²) in [6.07, 6.45) is 2.68. The standard InChI is InChI=1S/C14H16BrCl2N3/c1-3-6-18-13(14-12(17)8-19-20(14)2)10-7-9(15)4-5-11(10)16/h4-5,7-8,13,18H,3,6H2,1-2H3. The molecule has 1 atom stereocenters. The van der Waals surface area contributed by atoms with E-state index in [1.54, 1.807) is 10.9 Å². The molecule has 0 saturated heterocycles. The van der Waals surface area contributed by atoms with Crippen LogP contribution in [0, 0.1) is 0 Å². The average molecular weight is 377 g/mol. The summed E-state index contributed by atoms with van der Waals surface area (Å²) >= 11 is 16.1. The van der Waals surface area contributed by atoms with Gasteiger partial charge in [-0.1, -0.05) is 46.1 Å². The number of aryl methyl sites for hydroxylation is 1. The number of nitrogens with one attached hydrogen (secondary N) is 1. The van der Waals surface area contributed by atoms with Gasteiger partial charge in [0.1, 0.15) is 0 Å². The number of hydrogen-bond acceptors (Lipinski definition) is 2. The van der Waals surface area contributed by atoms with Gasteiger partial charge in [-0.05, 0) is 36.7 Å². The first-order valence-corrected chi connectivity index (χ1v) is 7.95. The Morgan fingerprint density at radius 1 is 1.35 bits per heavy atom. The zero-order chi connectivity index (χ0) is 14.7. The first-order valence-electron chi connectivity index (χ1n) is 6.40. The van der Waals surface area contributed by atoms with Crippen LogP contribution in [0.25, 0.3) is 0 Å². The van der Waals surface area contributed by atoms with Crippen LogP contribution in [0.4, 0.5) is 0 Å². The second kappa shape index (κ2) is 6.94. The summed E-state index contributed by atoms with van der Waals surface area (Å²) in [5.41, 5.74) is 1.90. The third kappa shape index (κ3) is 3.37. The molecule has 0 aliphatic heterocycles. The lowest BCUT2D eigenvalue weighted by Crippen LogP contribution is -2.26. The highest BCUT2D eigenvalue weighted by atomic mass is 79.9. The fourth-order valence-electron chi connectivity index (χ4n) is 2.12. The summed E-state index contributed by atoms with van der Waals surface area (Å²) in [7, 11) is 1.88. The predicted octanol–water partition coefficient (Wildman–Crippen LogP) is 4.58. The van der Waals surface area contributed by atoms with Gasteiger partial charge in [-0.2, -0.15) is 5.10 Å². The zero-order valence-corrected chi connectivity index (χ0v) is 14.4. The lowest BCUT2D eigenvalue weighted by atomic mass is 10.0. The van der Waals surface area contributed by atoms with Crippen LogP contribution in [-0.2, 0) is 7.05 Å². The van der Waals surface area contributed by atoms with E-state index in [9.17, 15) is 0 Å². The smallest absolute Gasteiger partial charge is 0.0837 e. The van der Waals surface area contributed by atoms with Crippen molar-refractivity contribution in [2.24, 2.45) is 7.05 Å². The van der Waals surface area contributed by atoms with E-state index in [4.69, 9.17) is 23.2 Å². The molecule has 3 nitrogen and oxygen atoms in total. The number of halogens is 3. The Hall–Kier alpha value is -0.550. The minimum atomic E-state index is -0.0834. The normalized spacial score (nSPS) is 12.7. The Morgan fingerprint density at radius 3 is 2.70 bits per heavy atom. The maximum atomic E-state index is 6.36. The molecule has 0 amide bonds. The summed E-state index contributed by atoms with van der Waals surface area (Å²) < 4.78 is 2.77. The molecule has 2 rings (SSSR count). The minimum absolute atomic E-state index is 0.0834. The van der Waals surface area contributed by atoms with Crippen LogP contribution < -0.4 is 5.32 Å². The SMILES string of the molecule is CCCNC(c1cc(Br)ccc1Cl)c1c(Cl)cnn1C. The maximum Gasteiger partial charge on any atom is 0.0837 e. The summed E-state index contributed by atoms with van der Waals surface area (Å²) in [6, 6.07) is 5.73. The van der Waals surface area contributed by atoms with Gasteiger partial charge in [-0.25, -0.2) is 0 Å². The van der Waals surface area contributed by atoms with E-state index in [0.29, 0.717) is 10.0 Å². The Morgan fingerprint density at radius 2 is 2.10 bits per heavy atom. The molecule has 1 aromatic heterocycles. The molecule has 1 N–H and O–H groups in total. The summed E-state index contributed by atoms with van der Waals surface area (Å²) in [5.74, 6) is 0. The van der Waals surface area contributed by atoms with Crippen molar-refractivity contribution in [3.05, 3.63) is 50.2 Å². The molecule has 0 aliphatic rings. The summed E-state index contributed by atoms with van der Waals surface area (Å²) in [6.45, 7) is 2.99. The molecule has 0 radical (unpaired) electrons. The van der Waals surface area contributed by atoms with Gasteiger partial charge in [0.2, 0.25) is 0 Å². The number of aromatic nitrogens is 2. The van der Waals surface area contributed by atoms with Gasteiger partial charge in [0.05, 0.1) is 23.0 Å². The van der Waals surface area contributed by atoms with Gasteiger partial charge in [0, 0.05) is 16.5 Å². The van der Waals surface area contributed by atoms with Crippen molar-refractivity contribution in [3.63, 3.8) is 0 Å². The Kier molecular flexibility index (Phi) is 5.49. The first kappa shape index (κ1) is 15.8. The van der Waals surface area contributed by atoms with Gasteiger partial charge in [-0.3, -0.25) is 4.68 Å². The van der Waals surface area contributed by atoms with Crippen LogP contribution in [-0.4, -0.2) is 16.3 Å². The molecule has 1 heterocycles. The van der Waals surface area contributed by atoms with E-state index >= 15 is 0 Å². The van der Waals surface area contributed by atoms with E-state index in [1.165, 1.54) is 0 Å². The molecule has 1 aromatic carbocycles. The van der Waals surface area contributed by atoms with Crippen molar-refractivity contribution in [2.45, 2.75) is 19.4 Å². The molecule has 108 valence electrons. The van der Waals surface area contributed by atoms with Gasteiger partial charge in [-0.15, -0.1) is 0 Å². The quantitative estimate of drug-likeness (QED) is 0.827. The van der Waals surface area contributed by atoms with Crippen LogP contribution in [0.1, 0.15) is 30.6 Å². The Balaban J connectivity index is 2.50. The topological polar surface area (TPSA) is 29.9 Å². The average Bonchev–Trinajstić information content (AvgIpc) is 2.74. The molecule has 2 aromatic rings. The van der Waals surface area contributed by atoms with Crippen LogP contribution in [0.3, 0.4) is 0 Å². The highest BCUT2D eigenvalue weighted by Crippen LogP contribution is 2.33. The van der Waals surface area contributed by atoms with E-state index < -0.39 is 0 Å². The fourth-order valence-corrected chi connectivity index (χ4v) is 3.00. The van der Waals surface area contributed by atoms with Crippen LogP contribution in [0.2, 0.25) is 10.0 Å². The highest BCUT2D eigenvalue weighted by Gasteiger charge is 2.22. The minimum Gasteiger partial charge on any atom is -0.305 e. The molecular weight excluding hydrogens is 361 g/mol. The van der Waals surface area contributed by atoms with Crippen molar-refractivity contribution in [1.82, 2.24) is 15.1 Å². The fraction of sp³-hybridized carbons (Fsp3) is 0.357. The van der Waals surface area contributed by atoms with Gasteiger partial charge in [0.15, 0.2) is 0 Å². The molecule has 0 spiro atoms. The molecule has 0 aliphatic carbocycles. The van der Waals surface area contributed by atoms with E-state index in [2.05, 4.69) is 33.3 Å². The Bertz CT molecular complexity index is 579. The number of hydrogen-bond donors (Lipinski definition) is 1.